The number of amides is 3. The summed E-state index contributed by atoms with van der Waals surface area (Å²) in [6.07, 6.45) is 10.1. The van der Waals surface area contributed by atoms with Gasteiger partial charge in [-0.1, -0.05) is 5.16 Å². The normalized spacial score (nSPS) is 15.9. The van der Waals surface area contributed by atoms with Crippen LogP contribution in [0.15, 0.2) is 41.3 Å². The van der Waals surface area contributed by atoms with Gasteiger partial charge in [-0.3, -0.25) is 29.5 Å². The van der Waals surface area contributed by atoms with Crippen LogP contribution in [-0.4, -0.2) is 61.0 Å². The standard InChI is InChI=1S/C22H24N8O4/c1-14-10-17(29-34-14)22(33)25-13-21(32)30-9-3-2-4-18(30)16-11-19(28-27-16)26-20(31)6-5-15-12-23-7-8-24-15/h5-8,10-12,18H,2-4,9,13H2,1H3,(H,25,33)(H2,26,27,28,31)/b6-5+/t18-/m1/s1. The van der Waals surface area contributed by atoms with Crippen molar-refractivity contribution in [1.29, 1.82) is 0 Å². The molecule has 3 N–H and O–H groups in total. The predicted octanol–water partition coefficient (Wildman–Crippen LogP) is 1.63. The van der Waals surface area contributed by atoms with E-state index in [2.05, 4.69) is 36.0 Å². The fourth-order valence-electron chi connectivity index (χ4n) is 3.67. The molecule has 0 spiro atoms. The summed E-state index contributed by atoms with van der Waals surface area (Å²) in [4.78, 5) is 47.0. The topological polar surface area (TPSA) is 159 Å². The Kier molecular flexibility index (Phi) is 7.06. The maximum Gasteiger partial charge on any atom is 0.273 e. The van der Waals surface area contributed by atoms with Crippen molar-refractivity contribution in [3.63, 3.8) is 0 Å². The van der Waals surface area contributed by atoms with Gasteiger partial charge in [0.2, 0.25) is 11.8 Å². The fraction of sp³-hybridized carbons (Fsp3) is 0.318. The van der Waals surface area contributed by atoms with Crippen molar-refractivity contribution in [2.75, 3.05) is 18.4 Å². The largest absolute Gasteiger partial charge is 0.361 e. The summed E-state index contributed by atoms with van der Waals surface area (Å²) >= 11 is 0. The third-order valence-corrected chi connectivity index (χ3v) is 5.28. The molecule has 34 heavy (non-hydrogen) atoms. The van der Waals surface area contributed by atoms with Gasteiger partial charge in [0.05, 0.1) is 30.2 Å². The molecular formula is C22H24N8O4. The smallest absolute Gasteiger partial charge is 0.273 e. The van der Waals surface area contributed by atoms with E-state index in [-0.39, 0.29) is 30.1 Å². The number of carbonyl (C=O) groups is 3. The summed E-state index contributed by atoms with van der Waals surface area (Å²) in [5.41, 5.74) is 1.39. The number of anilines is 1. The number of carbonyl (C=O) groups excluding carboxylic acids is 3. The molecule has 3 aromatic heterocycles. The lowest BCUT2D eigenvalue weighted by atomic mass is 9.99. The highest BCUT2D eigenvalue weighted by Crippen LogP contribution is 2.30. The number of aryl methyl sites for hydroxylation is 1. The first-order valence-electron chi connectivity index (χ1n) is 10.8. The minimum absolute atomic E-state index is 0.128. The fourth-order valence-corrected chi connectivity index (χ4v) is 3.67. The van der Waals surface area contributed by atoms with Gasteiger partial charge in [-0.15, -0.1) is 0 Å². The van der Waals surface area contributed by atoms with Crippen molar-refractivity contribution in [2.24, 2.45) is 0 Å². The van der Waals surface area contributed by atoms with E-state index in [1.807, 2.05) is 0 Å². The number of aromatic amines is 1. The van der Waals surface area contributed by atoms with Gasteiger partial charge in [0.15, 0.2) is 11.5 Å². The zero-order valence-corrected chi connectivity index (χ0v) is 18.5. The summed E-state index contributed by atoms with van der Waals surface area (Å²) in [5, 5.41) is 16.0. The first-order chi connectivity index (χ1) is 16.5. The molecule has 12 heteroatoms. The highest BCUT2D eigenvalue weighted by molar-refractivity contribution is 6.01. The molecule has 176 valence electrons. The van der Waals surface area contributed by atoms with Gasteiger partial charge in [-0.05, 0) is 32.3 Å². The van der Waals surface area contributed by atoms with Crippen LogP contribution in [0.3, 0.4) is 0 Å². The highest BCUT2D eigenvalue weighted by Gasteiger charge is 2.29. The summed E-state index contributed by atoms with van der Waals surface area (Å²) in [5.74, 6) is -0.202. The van der Waals surface area contributed by atoms with Crippen molar-refractivity contribution in [2.45, 2.75) is 32.2 Å². The Morgan fingerprint density at radius 2 is 2.15 bits per heavy atom. The van der Waals surface area contributed by atoms with Crippen molar-refractivity contribution < 1.29 is 18.9 Å². The van der Waals surface area contributed by atoms with Gasteiger partial charge in [0.25, 0.3) is 5.91 Å². The third kappa shape index (κ3) is 5.71. The van der Waals surface area contributed by atoms with Crippen LogP contribution in [0.1, 0.15) is 52.9 Å². The molecule has 1 atom stereocenters. The summed E-state index contributed by atoms with van der Waals surface area (Å²) < 4.78 is 4.89. The number of hydrogen-bond donors (Lipinski definition) is 3. The number of nitrogens with one attached hydrogen (secondary N) is 3. The average molecular weight is 464 g/mol. The number of aromatic nitrogens is 5. The first-order valence-corrected chi connectivity index (χ1v) is 10.8. The van der Waals surface area contributed by atoms with E-state index in [0.717, 1.165) is 19.3 Å². The molecule has 0 saturated carbocycles. The number of H-pyrrole nitrogens is 1. The molecule has 0 aromatic carbocycles. The van der Waals surface area contributed by atoms with E-state index in [0.29, 0.717) is 29.5 Å². The second-order valence-electron chi connectivity index (χ2n) is 7.77. The van der Waals surface area contributed by atoms with E-state index in [1.165, 1.54) is 18.3 Å². The average Bonchev–Trinajstić information content (AvgIpc) is 3.51. The van der Waals surface area contributed by atoms with Crippen molar-refractivity contribution >= 4 is 29.6 Å². The number of nitrogens with zero attached hydrogens (tertiary/aromatic N) is 5. The Labute approximate surface area is 194 Å². The maximum absolute atomic E-state index is 12.9. The van der Waals surface area contributed by atoms with E-state index in [1.54, 1.807) is 36.4 Å². The third-order valence-electron chi connectivity index (χ3n) is 5.28. The Balaban J connectivity index is 1.35. The van der Waals surface area contributed by atoms with Crippen LogP contribution in [0.2, 0.25) is 0 Å². The maximum atomic E-state index is 12.9. The van der Waals surface area contributed by atoms with Crippen molar-refractivity contribution in [3.8, 4) is 0 Å². The van der Waals surface area contributed by atoms with Crippen LogP contribution in [-0.2, 0) is 9.59 Å². The second-order valence-corrected chi connectivity index (χ2v) is 7.77. The van der Waals surface area contributed by atoms with Crippen LogP contribution >= 0.6 is 0 Å². The van der Waals surface area contributed by atoms with E-state index >= 15 is 0 Å². The lowest BCUT2D eigenvalue weighted by Crippen LogP contribution is -2.44. The summed E-state index contributed by atoms with van der Waals surface area (Å²) in [7, 11) is 0. The minimum atomic E-state index is -0.472. The molecule has 1 fully saturated rings. The SMILES string of the molecule is Cc1cc(C(=O)NCC(=O)N2CCCC[C@@H]2c2cc(NC(=O)/C=C/c3cnccn3)n[nH]2)no1. The predicted molar refractivity (Wildman–Crippen MR) is 120 cm³/mol. The second kappa shape index (κ2) is 10.5. The van der Waals surface area contributed by atoms with Crippen molar-refractivity contribution in [3.05, 3.63) is 59.6 Å². The molecule has 1 saturated heterocycles. The van der Waals surface area contributed by atoms with Crippen LogP contribution < -0.4 is 10.6 Å². The first kappa shape index (κ1) is 22.8. The molecule has 3 amide bonds. The molecule has 1 aliphatic rings. The molecule has 0 radical (unpaired) electrons. The number of piperidine rings is 1. The summed E-state index contributed by atoms with van der Waals surface area (Å²) in [6.45, 7) is 2.08. The van der Waals surface area contributed by atoms with Gasteiger partial charge < -0.3 is 20.1 Å². The Bertz CT molecular complexity index is 1190. The molecule has 12 nitrogen and oxygen atoms in total. The minimum Gasteiger partial charge on any atom is -0.361 e. The number of likely N-dealkylation sites (tertiary alicyclic amines) is 1. The van der Waals surface area contributed by atoms with Crippen LogP contribution in [0.4, 0.5) is 5.82 Å². The molecule has 3 aromatic rings. The number of rotatable bonds is 7. The number of hydrogen-bond acceptors (Lipinski definition) is 8. The van der Waals surface area contributed by atoms with Gasteiger partial charge in [-0.2, -0.15) is 5.10 Å². The lowest BCUT2D eigenvalue weighted by Gasteiger charge is -2.35. The van der Waals surface area contributed by atoms with E-state index in [9.17, 15) is 14.4 Å². The van der Waals surface area contributed by atoms with E-state index < -0.39 is 5.91 Å². The van der Waals surface area contributed by atoms with Gasteiger partial charge in [-0.25, -0.2) is 0 Å². The zero-order valence-electron chi connectivity index (χ0n) is 18.5. The Morgan fingerprint density at radius 3 is 2.91 bits per heavy atom. The van der Waals surface area contributed by atoms with E-state index in [4.69, 9.17) is 4.52 Å². The molecule has 0 bridgehead atoms. The zero-order chi connectivity index (χ0) is 23.9. The Morgan fingerprint density at radius 1 is 1.26 bits per heavy atom. The molecule has 0 aliphatic carbocycles. The molecule has 4 heterocycles. The molecular weight excluding hydrogens is 440 g/mol. The van der Waals surface area contributed by atoms with Crippen LogP contribution in [0, 0.1) is 6.92 Å². The van der Waals surface area contributed by atoms with Crippen LogP contribution in [0.5, 0.6) is 0 Å². The van der Waals surface area contributed by atoms with Gasteiger partial charge in [0, 0.05) is 37.1 Å². The monoisotopic (exact) mass is 464 g/mol. The van der Waals surface area contributed by atoms with Crippen LogP contribution in [0.25, 0.3) is 6.08 Å². The quantitative estimate of drug-likeness (QED) is 0.445. The highest BCUT2D eigenvalue weighted by atomic mass is 16.5. The molecule has 4 rings (SSSR count). The summed E-state index contributed by atoms with van der Waals surface area (Å²) in [6, 6.07) is 2.98. The Hall–Kier alpha value is -4.35. The molecule has 0 unspecified atom stereocenters. The lowest BCUT2D eigenvalue weighted by molar-refractivity contribution is -0.134. The molecule has 1 aliphatic heterocycles. The van der Waals surface area contributed by atoms with Gasteiger partial charge >= 0.3 is 0 Å². The van der Waals surface area contributed by atoms with Crippen molar-refractivity contribution in [1.82, 2.24) is 35.5 Å². The van der Waals surface area contributed by atoms with Gasteiger partial charge in [0.1, 0.15) is 5.76 Å².